The normalized spacial score (nSPS) is 16.0. The first kappa shape index (κ1) is 18.5. The third-order valence-corrected chi connectivity index (χ3v) is 4.63. The van der Waals surface area contributed by atoms with Gasteiger partial charge in [0.15, 0.2) is 0 Å². The molecule has 1 heterocycles. The van der Waals surface area contributed by atoms with Crippen LogP contribution in [0.2, 0.25) is 0 Å². The van der Waals surface area contributed by atoms with Gasteiger partial charge in [-0.05, 0) is 43.0 Å². The van der Waals surface area contributed by atoms with Crippen LogP contribution in [-0.4, -0.2) is 10.5 Å². The summed E-state index contributed by atoms with van der Waals surface area (Å²) in [5.41, 5.74) is -2.13. The molecule has 0 radical (unpaired) electrons. The van der Waals surface area contributed by atoms with Gasteiger partial charge < -0.3 is 9.88 Å². The largest absolute Gasteiger partial charge is 0.416 e. The molecule has 0 bridgehead atoms. The van der Waals surface area contributed by atoms with E-state index in [-0.39, 0.29) is 11.5 Å². The Balaban J connectivity index is 1.83. The van der Waals surface area contributed by atoms with Crippen LogP contribution in [0.3, 0.4) is 0 Å². The van der Waals surface area contributed by atoms with Crippen molar-refractivity contribution >= 4 is 11.7 Å². The summed E-state index contributed by atoms with van der Waals surface area (Å²) < 4.78 is 54.4. The predicted molar refractivity (Wildman–Crippen MR) is 90.2 cm³/mol. The number of nitrogens with zero attached hydrogens (tertiary/aromatic N) is 1. The third kappa shape index (κ3) is 3.48. The lowest BCUT2D eigenvalue weighted by Gasteiger charge is -2.19. The second-order valence-corrected chi connectivity index (χ2v) is 7.17. The van der Waals surface area contributed by atoms with Gasteiger partial charge in [-0.15, -0.1) is 0 Å². The molecule has 0 aliphatic heterocycles. The van der Waals surface area contributed by atoms with Gasteiger partial charge in [0.25, 0.3) is 0 Å². The van der Waals surface area contributed by atoms with Crippen molar-refractivity contribution in [2.45, 2.75) is 44.8 Å². The maximum Gasteiger partial charge on any atom is 0.416 e. The number of amides is 1. The molecular weight excluding hydrogens is 348 g/mol. The van der Waals surface area contributed by atoms with Crippen LogP contribution >= 0.6 is 0 Å². The molecule has 1 fully saturated rings. The first-order valence-corrected chi connectivity index (χ1v) is 8.47. The quantitative estimate of drug-likeness (QED) is 0.743. The second-order valence-electron chi connectivity index (χ2n) is 7.17. The van der Waals surface area contributed by atoms with Crippen LogP contribution in [0, 0.1) is 11.7 Å². The van der Waals surface area contributed by atoms with E-state index in [4.69, 9.17) is 0 Å². The number of alkyl halides is 3. The Hall–Kier alpha value is -2.31. The van der Waals surface area contributed by atoms with E-state index < -0.39 is 23.0 Å². The highest BCUT2D eigenvalue weighted by molar-refractivity contribution is 6.01. The van der Waals surface area contributed by atoms with Crippen molar-refractivity contribution in [3.8, 4) is 0 Å². The van der Waals surface area contributed by atoms with Crippen LogP contribution in [0.25, 0.3) is 0 Å². The summed E-state index contributed by atoms with van der Waals surface area (Å²) in [7, 11) is 0. The molecule has 140 valence electrons. The standard InChI is InChI=1S/C19H20F4N2O/c1-12(2)11-25-9-3-4-16(25)24-17(26)18(7-8-18)14-6-5-13(10-15(14)20)19(21,22)23/h3-6,9-10,12H,7-8,11H2,1-2H3,(H,24,26). The van der Waals surface area contributed by atoms with Gasteiger partial charge in [0.2, 0.25) is 5.91 Å². The van der Waals surface area contributed by atoms with Gasteiger partial charge in [0.1, 0.15) is 11.6 Å². The Kier molecular flexibility index (Phi) is 4.58. The van der Waals surface area contributed by atoms with Crippen molar-refractivity contribution in [1.29, 1.82) is 0 Å². The molecule has 1 saturated carbocycles. The summed E-state index contributed by atoms with van der Waals surface area (Å²) in [4.78, 5) is 12.8. The summed E-state index contributed by atoms with van der Waals surface area (Å²) in [6.45, 7) is 4.81. The molecule has 2 aromatic rings. The molecule has 1 amide bonds. The van der Waals surface area contributed by atoms with Gasteiger partial charge in [0, 0.05) is 18.3 Å². The lowest BCUT2D eigenvalue weighted by atomic mass is 9.93. The van der Waals surface area contributed by atoms with Crippen LogP contribution in [-0.2, 0) is 22.9 Å². The van der Waals surface area contributed by atoms with Crippen LogP contribution in [0.5, 0.6) is 0 Å². The van der Waals surface area contributed by atoms with E-state index >= 15 is 0 Å². The molecule has 1 aromatic carbocycles. The summed E-state index contributed by atoms with van der Waals surface area (Å²) in [5.74, 6) is -0.410. The first-order valence-electron chi connectivity index (χ1n) is 8.47. The number of carbonyl (C=O) groups is 1. The lowest BCUT2D eigenvalue weighted by Crippen LogP contribution is -2.30. The summed E-state index contributed by atoms with van der Waals surface area (Å²) in [6.07, 6.45) is -1.96. The minimum Gasteiger partial charge on any atom is -0.334 e. The highest BCUT2D eigenvalue weighted by Gasteiger charge is 2.53. The Morgan fingerprint density at radius 1 is 1.27 bits per heavy atom. The molecule has 0 spiro atoms. The Morgan fingerprint density at radius 2 is 1.96 bits per heavy atom. The molecule has 1 aliphatic rings. The van der Waals surface area contributed by atoms with Crippen molar-refractivity contribution in [2.75, 3.05) is 5.32 Å². The number of hydrogen-bond donors (Lipinski definition) is 1. The molecule has 1 aliphatic carbocycles. The maximum atomic E-state index is 14.3. The molecular formula is C19H20F4N2O. The molecule has 1 N–H and O–H groups in total. The lowest BCUT2D eigenvalue weighted by molar-refractivity contribution is -0.137. The summed E-state index contributed by atoms with van der Waals surface area (Å²) >= 11 is 0. The average Bonchev–Trinajstić information content (AvgIpc) is 3.23. The van der Waals surface area contributed by atoms with Gasteiger partial charge in [-0.1, -0.05) is 19.9 Å². The molecule has 1 aromatic heterocycles. The van der Waals surface area contributed by atoms with Gasteiger partial charge in [0.05, 0.1) is 11.0 Å². The van der Waals surface area contributed by atoms with Crippen LogP contribution in [0.4, 0.5) is 23.4 Å². The highest BCUT2D eigenvalue weighted by Crippen LogP contribution is 2.50. The molecule has 26 heavy (non-hydrogen) atoms. The van der Waals surface area contributed by atoms with E-state index in [0.717, 1.165) is 12.1 Å². The summed E-state index contributed by atoms with van der Waals surface area (Å²) in [6, 6.07) is 5.92. The van der Waals surface area contributed by atoms with Crippen molar-refractivity contribution < 1.29 is 22.4 Å². The average molecular weight is 368 g/mol. The predicted octanol–water partition coefficient (Wildman–Crippen LogP) is 4.97. The zero-order valence-electron chi connectivity index (χ0n) is 14.5. The van der Waals surface area contributed by atoms with Gasteiger partial charge >= 0.3 is 6.18 Å². The first-order chi connectivity index (χ1) is 12.1. The number of rotatable bonds is 5. The van der Waals surface area contributed by atoms with Crippen molar-refractivity contribution in [3.05, 3.63) is 53.5 Å². The van der Waals surface area contributed by atoms with Crippen LogP contribution in [0.1, 0.15) is 37.8 Å². The Bertz CT molecular complexity index is 819. The fourth-order valence-electron chi connectivity index (χ4n) is 3.14. The summed E-state index contributed by atoms with van der Waals surface area (Å²) in [5, 5.41) is 2.80. The van der Waals surface area contributed by atoms with Gasteiger partial charge in [-0.3, -0.25) is 4.79 Å². The van der Waals surface area contributed by atoms with Crippen LogP contribution < -0.4 is 5.32 Å². The zero-order chi connectivity index (χ0) is 19.1. The number of anilines is 1. The molecule has 0 unspecified atom stereocenters. The van der Waals surface area contributed by atoms with Crippen molar-refractivity contribution in [1.82, 2.24) is 4.57 Å². The minimum absolute atomic E-state index is 0.0185. The Morgan fingerprint density at radius 3 is 2.50 bits per heavy atom. The van der Waals surface area contributed by atoms with E-state index in [0.29, 0.717) is 37.2 Å². The SMILES string of the molecule is CC(C)Cn1cccc1NC(=O)C1(c2ccc(C(F)(F)F)cc2F)CC1. The minimum atomic E-state index is -4.62. The van der Waals surface area contributed by atoms with E-state index in [9.17, 15) is 22.4 Å². The number of halogens is 4. The number of aromatic nitrogens is 1. The van der Waals surface area contributed by atoms with E-state index in [2.05, 4.69) is 5.32 Å². The van der Waals surface area contributed by atoms with Gasteiger partial charge in [-0.2, -0.15) is 13.2 Å². The fourth-order valence-corrected chi connectivity index (χ4v) is 3.14. The smallest absolute Gasteiger partial charge is 0.334 e. The highest BCUT2D eigenvalue weighted by atomic mass is 19.4. The molecule has 7 heteroatoms. The second kappa shape index (κ2) is 6.45. The van der Waals surface area contributed by atoms with Crippen molar-refractivity contribution in [3.63, 3.8) is 0 Å². The van der Waals surface area contributed by atoms with E-state index in [1.54, 1.807) is 12.1 Å². The number of carbonyl (C=O) groups excluding carboxylic acids is 1. The van der Waals surface area contributed by atoms with Crippen molar-refractivity contribution in [2.24, 2.45) is 5.92 Å². The molecule has 3 nitrogen and oxygen atoms in total. The number of nitrogens with one attached hydrogen (secondary N) is 1. The maximum absolute atomic E-state index is 14.3. The monoisotopic (exact) mass is 368 g/mol. The zero-order valence-corrected chi connectivity index (χ0v) is 14.5. The number of hydrogen-bond acceptors (Lipinski definition) is 1. The molecule has 0 saturated heterocycles. The molecule has 0 atom stereocenters. The van der Waals surface area contributed by atoms with E-state index in [1.165, 1.54) is 0 Å². The fraction of sp³-hybridized carbons (Fsp3) is 0.421. The Labute approximate surface area is 149 Å². The van der Waals surface area contributed by atoms with E-state index in [1.807, 2.05) is 24.6 Å². The number of benzene rings is 1. The van der Waals surface area contributed by atoms with Gasteiger partial charge in [-0.25, -0.2) is 4.39 Å². The van der Waals surface area contributed by atoms with Crippen LogP contribution in [0.15, 0.2) is 36.5 Å². The molecule has 3 rings (SSSR count). The third-order valence-electron chi connectivity index (χ3n) is 4.63. The topological polar surface area (TPSA) is 34.0 Å².